The van der Waals surface area contributed by atoms with Crippen LogP contribution in [0.5, 0.6) is 5.75 Å². The summed E-state index contributed by atoms with van der Waals surface area (Å²) >= 11 is 3.15. The van der Waals surface area contributed by atoms with Gasteiger partial charge in [0.1, 0.15) is 65.2 Å². The molecule has 2 aliphatic heterocycles. The largest absolute Gasteiger partial charge is 0.497 e. The number of thioether (sulfide) groups is 2. The molecular weight excluding hydrogens is 1380 g/mol. The van der Waals surface area contributed by atoms with Gasteiger partial charge < -0.3 is 78.0 Å². The molecule has 0 spiro atoms. The summed E-state index contributed by atoms with van der Waals surface area (Å²) in [5, 5.41) is 33.5. The zero-order valence-electron chi connectivity index (χ0n) is 58.0. The number of halogens is 2. The molecule has 1 saturated heterocycles. The third-order valence-electron chi connectivity index (χ3n) is 19.4. The molecule has 7 aromatic rings. The van der Waals surface area contributed by atoms with E-state index in [2.05, 4.69) is 68.5 Å². The Morgan fingerprint density at radius 2 is 1.22 bits per heavy atom. The predicted octanol–water partition coefficient (Wildman–Crippen LogP) is 5.18. The van der Waals surface area contributed by atoms with Gasteiger partial charge in [0.15, 0.2) is 0 Å². The topological polar surface area (TPSA) is 386 Å². The number of imidazole rings is 1. The number of aromatic amines is 3. The molecule has 3 aromatic heterocycles. The van der Waals surface area contributed by atoms with E-state index >= 15 is 32.8 Å². The summed E-state index contributed by atoms with van der Waals surface area (Å²) < 4.78 is 35.6. The molecule has 9 amide bonds. The molecule has 554 valence electrons. The number of unbranched alkanes of at least 4 members (excludes halogenated alkanes) is 1. The van der Waals surface area contributed by atoms with Crippen LogP contribution in [-0.2, 0) is 85.1 Å². The first kappa shape index (κ1) is 76.8. The quantitative estimate of drug-likeness (QED) is 0.0554. The smallest absolute Gasteiger partial charge is 0.305 e. The Bertz CT molecular complexity index is 4190. The van der Waals surface area contributed by atoms with Gasteiger partial charge in [-0.1, -0.05) is 49.2 Å². The summed E-state index contributed by atoms with van der Waals surface area (Å²) in [5.41, 5.74) is 9.05. The van der Waals surface area contributed by atoms with E-state index in [-0.39, 0.29) is 50.8 Å². The number of methoxy groups -OCH3 is 1. The van der Waals surface area contributed by atoms with Crippen LogP contribution in [0.25, 0.3) is 21.8 Å². The average molecular weight is 1470 g/mol. The van der Waals surface area contributed by atoms with Crippen LogP contribution < -0.4 is 53.0 Å². The van der Waals surface area contributed by atoms with Gasteiger partial charge in [-0.3, -0.25) is 47.9 Å². The van der Waals surface area contributed by atoms with Crippen LogP contribution in [0.1, 0.15) is 111 Å². The first-order chi connectivity index (χ1) is 50.1. The molecule has 4 aromatic carbocycles. The van der Waals surface area contributed by atoms with Gasteiger partial charge in [-0.2, -0.15) is 23.5 Å². The number of amides is 9. The lowest BCUT2D eigenvalue weighted by atomic mass is 9.95. The molecule has 14 N–H and O–H groups in total. The Balaban J connectivity index is 1.00. The van der Waals surface area contributed by atoms with Crippen molar-refractivity contribution in [2.75, 3.05) is 38.2 Å². The van der Waals surface area contributed by atoms with E-state index in [1.165, 1.54) is 73.3 Å². The third-order valence-corrected chi connectivity index (χ3v) is 21.5. The lowest BCUT2D eigenvalue weighted by Crippen LogP contribution is -2.62. The number of nitrogens with zero attached hydrogens (tertiary/aromatic N) is 2. The van der Waals surface area contributed by atoms with Crippen molar-refractivity contribution in [1.29, 1.82) is 0 Å². The zero-order chi connectivity index (χ0) is 73.9. The van der Waals surface area contributed by atoms with E-state index in [1.807, 2.05) is 18.2 Å². The Hall–Kier alpha value is -9.81. The number of carboxylic acid groups (broad SMARTS) is 1. The standard InChI is InChI=1S/C74H90F2N14O12S2/c1-74-23-8-26-90(74)72(100)62(30-43-14-18-52(102-2)19-15-43)88-69(97)60(35-51-39-78-42-82-51)85-70(98)61(36-64(92)93)86-67(95)58(31-47-37-80-55-20-16-49(75)33-53(47)55)84-68(96)59(32-48-38-81-56-21-17-50(76)34-54(48)56)87-71(99)65(46-11-3-4-12-46)89-66(94)57(13-5-6-24-77)83-63(91)22-27-103-40-44-9-7-10-45(29-44)41-104-28-25-79-73(74)101/h7,9-10,14-21,29,33-34,37-39,42,46,57-62,65,80-81H,3-6,8,11-13,22-28,30-32,35-36,40-41,77H2,1-2H3,(H,78,82)(H,79,101)(H,83,91)(H,84,96)(H,85,98)(H,86,95)(H,87,99)(H,88,97)(H,89,94)(H,92,93)/t57-,58-,59-,60-,61-,62-,65?,74-/m0/s1. The second-order valence-corrected chi connectivity index (χ2v) is 29.1. The third kappa shape index (κ3) is 20.5. The number of hydrogen-bond donors (Lipinski definition) is 13. The van der Waals surface area contributed by atoms with Crippen molar-refractivity contribution in [2.45, 2.75) is 163 Å². The number of carbonyl (C=O) groups excluding carboxylic acids is 9. The number of benzene rings is 4. The second-order valence-electron chi connectivity index (χ2n) is 26.9. The van der Waals surface area contributed by atoms with Crippen LogP contribution in [0.3, 0.4) is 0 Å². The summed E-state index contributed by atoms with van der Waals surface area (Å²) in [6.07, 6.45) is 7.88. The van der Waals surface area contributed by atoms with E-state index in [0.29, 0.717) is 125 Å². The number of nitrogens with one attached hydrogen (secondary N) is 11. The number of carboxylic acids is 1. The maximum absolute atomic E-state index is 15.5. The first-order valence-corrected chi connectivity index (χ1v) is 37.4. The highest BCUT2D eigenvalue weighted by Gasteiger charge is 2.48. The van der Waals surface area contributed by atoms with Crippen molar-refractivity contribution in [1.82, 2.24) is 67.4 Å². The molecule has 10 rings (SSSR count). The van der Waals surface area contributed by atoms with Crippen LogP contribution in [0.15, 0.2) is 110 Å². The Labute approximate surface area is 608 Å². The predicted molar refractivity (Wildman–Crippen MR) is 389 cm³/mol. The van der Waals surface area contributed by atoms with Crippen molar-refractivity contribution in [3.8, 4) is 5.75 Å². The zero-order valence-corrected chi connectivity index (χ0v) is 59.7. The normalized spacial score (nSPS) is 23.4. The van der Waals surface area contributed by atoms with Gasteiger partial charge in [-0.05, 0) is 141 Å². The van der Waals surface area contributed by atoms with Crippen molar-refractivity contribution in [2.24, 2.45) is 11.7 Å². The van der Waals surface area contributed by atoms with Gasteiger partial charge in [0.05, 0.1) is 19.9 Å². The molecule has 3 aliphatic rings. The number of H-pyrrole nitrogens is 3. The minimum Gasteiger partial charge on any atom is -0.497 e. The fourth-order valence-corrected chi connectivity index (χ4v) is 15.4. The van der Waals surface area contributed by atoms with Gasteiger partial charge in [0.25, 0.3) is 0 Å². The van der Waals surface area contributed by atoms with Crippen molar-refractivity contribution < 1.29 is 66.6 Å². The number of nitrogens with two attached hydrogens (primary N) is 1. The Morgan fingerprint density at radius 1 is 0.644 bits per heavy atom. The minimum absolute atomic E-state index is 0.0657. The summed E-state index contributed by atoms with van der Waals surface area (Å²) in [6.45, 7) is 2.43. The van der Waals surface area contributed by atoms with E-state index in [9.17, 15) is 29.1 Å². The van der Waals surface area contributed by atoms with Crippen LogP contribution >= 0.6 is 23.5 Å². The van der Waals surface area contributed by atoms with Gasteiger partial charge in [-0.15, -0.1) is 0 Å². The number of hydrogen-bond acceptors (Lipinski definition) is 15. The molecule has 8 atom stereocenters. The molecule has 30 heteroatoms. The lowest BCUT2D eigenvalue weighted by molar-refractivity contribution is -0.146. The first-order valence-electron chi connectivity index (χ1n) is 35.1. The molecule has 2 fully saturated rings. The summed E-state index contributed by atoms with van der Waals surface area (Å²) in [4.78, 5) is 162. The highest BCUT2D eigenvalue weighted by atomic mass is 32.2. The number of ether oxygens (including phenoxy) is 1. The molecule has 1 unspecified atom stereocenters. The number of aromatic nitrogens is 4. The van der Waals surface area contributed by atoms with Gasteiger partial charge in [-0.25, -0.2) is 13.8 Å². The van der Waals surface area contributed by atoms with E-state index in [1.54, 1.807) is 54.7 Å². The fourth-order valence-electron chi connectivity index (χ4n) is 13.7. The SMILES string of the molecule is COc1ccc(C[C@@H]2NC(=O)[C@H](Cc3cnc[nH]3)NC(=O)[C@H](CC(=O)O)NC(=O)[C@H](Cc3c[nH]c4ccc(F)cc34)NC(=O)[C@H](Cc3c[nH]c4ccc(F)cc34)NC(=O)C(C3CCCC3)NC(=O)[C@H](CCCCN)NC(=O)CCSCc3cccc(c3)CSCCNC(=O)[C@]3(C)CCCN3C2=O)cc1. The monoisotopic (exact) mass is 1470 g/mol. The summed E-state index contributed by atoms with van der Waals surface area (Å²) in [6, 6.07) is 11.9. The van der Waals surface area contributed by atoms with Gasteiger partial charge in [0.2, 0.25) is 53.2 Å². The summed E-state index contributed by atoms with van der Waals surface area (Å²) in [5.74, 6) is -7.69. The van der Waals surface area contributed by atoms with Crippen molar-refractivity contribution in [3.63, 3.8) is 0 Å². The maximum Gasteiger partial charge on any atom is 0.305 e. The lowest BCUT2D eigenvalue weighted by Gasteiger charge is -2.36. The van der Waals surface area contributed by atoms with E-state index in [0.717, 1.165) is 11.1 Å². The van der Waals surface area contributed by atoms with E-state index in [4.69, 9.17) is 10.5 Å². The second kappa shape index (κ2) is 36.6. The molecule has 1 saturated carbocycles. The molecule has 2 bridgehead atoms. The fraction of sp³-hybridized carbons (Fsp3) is 0.446. The molecular formula is C74H90F2N14O12S2. The molecule has 26 nitrogen and oxygen atoms in total. The van der Waals surface area contributed by atoms with Crippen LogP contribution in [-0.4, -0.2) is 175 Å². The maximum atomic E-state index is 15.5. The molecule has 5 heterocycles. The highest BCUT2D eigenvalue weighted by Crippen LogP contribution is 2.32. The highest BCUT2D eigenvalue weighted by molar-refractivity contribution is 7.98. The Kier molecular flexibility index (Phi) is 27.0. The van der Waals surface area contributed by atoms with Gasteiger partial charge in [0, 0.05) is 114 Å². The van der Waals surface area contributed by atoms with E-state index < -0.39 is 137 Å². The molecule has 1 aliphatic carbocycles. The van der Waals surface area contributed by atoms with Crippen molar-refractivity contribution in [3.05, 3.63) is 155 Å². The minimum atomic E-state index is -2.00. The molecule has 104 heavy (non-hydrogen) atoms. The van der Waals surface area contributed by atoms with Crippen LogP contribution in [0.2, 0.25) is 0 Å². The van der Waals surface area contributed by atoms with Crippen LogP contribution in [0.4, 0.5) is 8.78 Å². The molecule has 0 radical (unpaired) electrons. The number of fused-ring (bicyclic) bond motifs is 5. The number of carbonyl (C=O) groups is 10. The van der Waals surface area contributed by atoms with Crippen LogP contribution in [0, 0.1) is 17.6 Å². The number of aliphatic carboxylic acids is 1. The number of rotatable bonds is 16. The van der Waals surface area contributed by atoms with Crippen molar-refractivity contribution >= 4 is 104 Å². The summed E-state index contributed by atoms with van der Waals surface area (Å²) in [7, 11) is 1.49. The Morgan fingerprint density at radius 3 is 1.82 bits per heavy atom. The van der Waals surface area contributed by atoms with Gasteiger partial charge >= 0.3 is 5.97 Å². The average Bonchev–Trinajstić information content (AvgIpc) is 1.63.